The zero-order valence-electron chi connectivity index (χ0n) is 32.6. The number of nitrogens with zero attached hydrogens (tertiary/aromatic N) is 1. The van der Waals surface area contributed by atoms with Gasteiger partial charge in [-0.05, 0) is 90.0 Å². The van der Waals surface area contributed by atoms with E-state index in [1.807, 2.05) is 11.3 Å². The first-order valence-corrected chi connectivity index (χ1v) is 21.5. The fourth-order valence-corrected chi connectivity index (χ4v) is 11.6. The fourth-order valence-electron chi connectivity index (χ4n) is 10.4. The van der Waals surface area contributed by atoms with E-state index in [0.29, 0.717) is 0 Å². The summed E-state index contributed by atoms with van der Waals surface area (Å²) in [4.78, 5) is 0. The third-order valence-corrected chi connectivity index (χ3v) is 13.9. The average Bonchev–Trinajstić information content (AvgIpc) is 3.87. The molecular weight excluding hydrogens is 743 g/mol. The highest BCUT2D eigenvalue weighted by Gasteiger charge is 2.24. The molecule has 0 unspecified atom stereocenters. The Morgan fingerprint density at radius 3 is 1.07 bits per heavy atom. The topological polar surface area (TPSA) is 4.93 Å². The second-order valence-electron chi connectivity index (χ2n) is 15.9. The number of fused-ring (bicyclic) bond motifs is 10. The van der Waals surface area contributed by atoms with E-state index in [2.05, 4.69) is 217 Å². The van der Waals surface area contributed by atoms with Crippen LogP contribution < -0.4 is 0 Å². The van der Waals surface area contributed by atoms with Crippen molar-refractivity contribution in [1.82, 2.24) is 4.57 Å². The lowest BCUT2D eigenvalue weighted by molar-refractivity contribution is 1.21. The summed E-state index contributed by atoms with van der Waals surface area (Å²) in [5.41, 5.74) is 11.3. The molecule has 0 atom stereocenters. The van der Waals surface area contributed by atoms with E-state index >= 15 is 0 Å². The van der Waals surface area contributed by atoms with Crippen molar-refractivity contribution in [2.45, 2.75) is 0 Å². The molecule has 13 rings (SSSR count). The Balaban J connectivity index is 1.17. The van der Waals surface area contributed by atoms with Crippen molar-refractivity contribution in [3.8, 4) is 39.1 Å². The van der Waals surface area contributed by atoms with E-state index in [1.165, 1.54) is 124 Å². The largest absolute Gasteiger partial charge is 0.308 e. The molecule has 13 aromatic rings. The molecule has 0 bridgehead atoms. The maximum absolute atomic E-state index is 2.51. The van der Waals surface area contributed by atoms with Gasteiger partial charge < -0.3 is 4.57 Å². The molecule has 0 saturated heterocycles. The normalized spacial score (nSPS) is 12.0. The maximum atomic E-state index is 2.51. The second-order valence-corrected chi connectivity index (χ2v) is 16.9. The monoisotopic (exact) mass is 777 g/mol. The van der Waals surface area contributed by atoms with Gasteiger partial charge in [0.05, 0.1) is 16.7 Å². The molecular formula is C58H35NS. The van der Waals surface area contributed by atoms with Crippen LogP contribution in [0.25, 0.3) is 124 Å². The molecule has 11 aromatic carbocycles. The van der Waals surface area contributed by atoms with Crippen molar-refractivity contribution in [1.29, 1.82) is 0 Å². The number of rotatable bonds is 4. The molecule has 2 heterocycles. The van der Waals surface area contributed by atoms with Crippen LogP contribution in [0.3, 0.4) is 0 Å². The molecule has 2 aromatic heterocycles. The first-order chi connectivity index (χ1) is 29.8. The van der Waals surface area contributed by atoms with E-state index in [1.54, 1.807) is 0 Å². The quantitative estimate of drug-likeness (QED) is 0.157. The summed E-state index contributed by atoms with van der Waals surface area (Å²) >= 11 is 1.90. The minimum atomic E-state index is 1.22. The van der Waals surface area contributed by atoms with Crippen molar-refractivity contribution in [2.75, 3.05) is 0 Å². The third kappa shape index (κ3) is 4.68. The molecule has 0 amide bonds. The van der Waals surface area contributed by atoms with Gasteiger partial charge in [0, 0.05) is 41.7 Å². The highest BCUT2D eigenvalue weighted by molar-refractivity contribution is 7.26. The molecule has 0 N–H and O–H groups in total. The van der Waals surface area contributed by atoms with Crippen LogP contribution >= 0.6 is 11.3 Å². The Morgan fingerprint density at radius 1 is 0.267 bits per heavy atom. The van der Waals surface area contributed by atoms with Crippen molar-refractivity contribution < 1.29 is 0 Å². The molecule has 0 fully saturated rings. The summed E-state index contributed by atoms with van der Waals surface area (Å²) in [6, 6.07) is 78.7. The third-order valence-electron chi connectivity index (χ3n) is 12.8. The Labute approximate surface area is 350 Å². The molecule has 60 heavy (non-hydrogen) atoms. The van der Waals surface area contributed by atoms with Gasteiger partial charge in [0.2, 0.25) is 0 Å². The molecule has 0 saturated carbocycles. The van der Waals surface area contributed by atoms with Gasteiger partial charge in [-0.2, -0.15) is 0 Å². The van der Waals surface area contributed by atoms with Crippen LogP contribution in [0.5, 0.6) is 0 Å². The molecule has 0 spiro atoms. The summed E-state index contributed by atoms with van der Waals surface area (Å²) in [5.74, 6) is 0. The molecule has 0 aliphatic heterocycles. The fraction of sp³-hybridized carbons (Fsp3) is 0. The zero-order chi connectivity index (χ0) is 39.3. The number of benzene rings is 11. The van der Waals surface area contributed by atoms with Crippen molar-refractivity contribution >= 4 is 96.4 Å². The Bertz CT molecular complexity index is 3720. The molecule has 0 radical (unpaired) electrons. The first-order valence-electron chi connectivity index (χ1n) is 20.7. The Kier molecular flexibility index (Phi) is 7.24. The van der Waals surface area contributed by atoms with Crippen molar-refractivity contribution in [3.05, 3.63) is 212 Å². The number of hydrogen-bond acceptors (Lipinski definition) is 1. The summed E-state index contributed by atoms with van der Waals surface area (Å²) < 4.78 is 5.10. The molecule has 278 valence electrons. The minimum Gasteiger partial charge on any atom is -0.308 e. The van der Waals surface area contributed by atoms with Gasteiger partial charge in [-0.3, -0.25) is 0 Å². The Hall–Kier alpha value is -7.52. The van der Waals surface area contributed by atoms with Gasteiger partial charge in [-0.15, -0.1) is 11.3 Å². The highest BCUT2D eigenvalue weighted by Crippen LogP contribution is 2.52. The smallest absolute Gasteiger partial charge is 0.0619 e. The summed E-state index contributed by atoms with van der Waals surface area (Å²) in [6.07, 6.45) is 0. The first kappa shape index (κ1) is 33.5. The summed E-state index contributed by atoms with van der Waals surface area (Å²) in [7, 11) is 0. The maximum Gasteiger partial charge on any atom is 0.0619 e. The average molecular weight is 778 g/mol. The van der Waals surface area contributed by atoms with Crippen LogP contribution in [0.15, 0.2) is 212 Å². The zero-order valence-corrected chi connectivity index (χ0v) is 33.4. The van der Waals surface area contributed by atoms with Crippen LogP contribution in [0.1, 0.15) is 0 Å². The number of hydrogen-bond donors (Lipinski definition) is 0. The Morgan fingerprint density at radius 2 is 0.617 bits per heavy atom. The summed E-state index contributed by atoms with van der Waals surface area (Å²) in [6.45, 7) is 0. The van der Waals surface area contributed by atoms with Crippen molar-refractivity contribution in [3.63, 3.8) is 0 Å². The van der Waals surface area contributed by atoms with E-state index in [0.717, 1.165) is 0 Å². The lowest BCUT2D eigenvalue weighted by atomic mass is 9.84. The van der Waals surface area contributed by atoms with Gasteiger partial charge in [-0.1, -0.05) is 188 Å². The SMILES string of the molecule is c1ccc(-c2c3ccccc3c(-c3cccc4sc5cccc(-c6c7ccccc7c(-n7c8ccccc8c8ccccc87)c7ccccc67)c5c34)c3ccccc23)cc1. The number of para-hydroxylation sites is 2. The highest BCUT2D eigenvalue weighted by atomic mass is 32.1. The minimum absolute atomic E-state index is 1.22. The van der Waals surface area contributed by atoms with Gasteiger partial charge in [0.25, 0.3) is 0 Å². The van der Waals surface area contributed by atoms with Crippen LogP contribution in [0.2, 0.25) is 0 Å². The predicted octanol–water partition coefficient (Wildman–Crippen LogP) is 16.8. The van der Waals surface area contributed by atoms with E-state index in [9.17, 15) is 0 Å². The van der Waals surface area contributed by atoms with Crippen molar-refractivity contribution in [2.24, 2.45) is 0 Å². The van der Waals surface area contributed by atoms with Gasteiger partial charge in [0.15, 0.2) is 0 Å². The lowest BCUT2D eigenvalue weighted by Gasteiger charge is -2.20. The summed E-state index contributed by atoms with van der Waals surface area (Å²) in [5, 5.41) is 15.2. The van der Waals surface area contributed by atoms with Gasteiger partial charge >= 0.3 is 0 Å². The van der Waals surface area contributed by atoms with Crippen LogP contribution in [-0.4, -0.2) is 4.57 Å². The van der Waals surface area contributed by atoms with E-state index in [4.69, 9.17) is 0 Å². The molecule has 0 aliphatic rings. The molecule has 0 aliphatic carbocycles. The van der Waals surface area contributed by atoms with Crippen LogP contribution in [0.4, 0.5) is 0 Å². The van der Waals surface area contributed by atoms with Gasteiger partial charge in [-0.25, -0.2) is 0 Å². The second kappa shape index (κ2) is 13.0. The van der Waals surface area contributed by atoms with E-state index in [-0.39, 0.29) is 0 Å². The van der Waals surface area contributed by atoms with E-state index < -0.39 is 0 Å². The molecule has 1 nitrogen and oxygen atoms in total. The molecule has 2 heteroatoms. The van der Waals surface area contributed by atoms with Crippen LogP contribution in [0, 0.1) is 0 Å². The lowest BCUT2D eigenvalue weighted by Crippen LogP contribution is -1.99. The number of aromatic nitrogens is 1. The standard InChI is InChI=1S/C58H35NS/c1-2-18-36(19-3-1)53-39-22-4-6-24-41(39)54(42-25-7-5-23-40(42)53)47-30-16-34-51-56(47)57-48(31-17-35-52(57)60-51)55-43-26-8-10-28-45(43)58(46-29-11-9-27-44(46)55)59-49-32-14-12-20-37(49)38-21-13-15-33-50(38)59/h1-35H. The van der Waals surface area contributed by atoms with Crippen LogP contribution in [-0.2, 0) is 0 Å². The number of thiophene rings is 1. The van der Waals surface area contributed by atoms with Gasteiger partial charge in [0.1, 0.15) is 0 Å². The predicted molar refractivity (Wildman–Crippen MR) is 260 cm³/mol.